The summed E-state index contributed by atoms with van der Waals surface area (Å²) in [6, 6.07) is 1.35. The number of benzene rings is 1. The van der Waals surface area contributed by atoms with Crippen LogP contribution in [0, 0.1) is 11.7 Å². The molecule has 2 aliphatic rings. The highest BCUT2D eigenvalue weighted by molar-refractivity contribution is 6.30. The summed E-state index contributed by atoms with van der Waals surface area (Å²) < 4.78 is 54.5. The Kier molecular flexibility index (Phi) is 7.63. The average Bonchev–Trinajstić information content (AvgIpc) is 3.28. The van der Waals surface area contributed by atoms with Crippen LogP contribution in [-0.2, 0) is 6.18 Å². The van der Waals surface area contributed by atoms with Crippen LogP contribution in [0.4, 0.5) is 17.6 Å². The predicted molar refractivity (Wildman–Crippen MR) is 90.8 cm³/mol. The summed E-state index contributed by atoms with van der Waals surface area (Å²) >= 11 is 5.77. The van der Waals surface area contributed by atoms with Crippen LogP contribution >= 0.6 is 36.4 Å². The molecule has 0 spiro atoms. The van der Waals surface area contributed by atoms with E-state index < -0.39 is 23.6 Å². The van der Waals surface area contributed by atoms with Gasteiger partial charge in [-0.3, -0.25) is 4.90 Å². The van der Waals surface area contributed by atoms with E-state index in [9.17, 15) is 17.6 Å². The zero-order valence-corrected chi connectivity index (χ0v) is 15.1. The van der Waals surface area contributed by atoms with Crippen molar-refractivity contribution in [3.8, 4) is 0 Å². The Hall–Kier alpha value is -0.270. The minimum atomic E-state index is -4.58. The van der Waals surface area contributed by atoms with Crippen molar-refractivity contribution in [2.75, 3.05) is 26.2 Å². The third-order valence-corrected chi connectivity index (χ3v) is 4.64. The van der Waals surface area contributed by atoms with Crippen molar-refractivity contribution in [3.05, 3.63) is 34.1 Å². The Morgan fingerprint density at radius 2 is 1.71 bits per heavy atom. The van der Waals surface area contributed by atoms with E-state index in [-0.39, 0.29) is 41.3 Å². The number of nitrogens with zero attached hydrogens (tertiary/aromatic N) is 1. The van der Waals surface area contributed by atoms with Crippen molar-refractivity contribution < 1.29 is 17.6 Å². The van der Waals surface area contributed by atoms with Gasteiger partial charge >= 0.3 is 6.18 Å². The van der Waals surface area contributed by atoms with Gasteiger partial charge in [-0.25, -0.2) is 4.39 Å². The largest absolute Gasteiger partial charge is 0.416 e. The molecule has 1 aromatic rings. The maximum Gasteiger partial charge on any atom is 0.416 e. The molecule has 1 atom stereocenters. The van der Waals surface area contributed by atoms with E-state index in [4.69, 9.17) is 11.6 Å². The lowest BCUT2D eigenvalue weighted by molar-refractivity contribution is -0.139. The maximum absolute atomic E-state index is 14.5. The van der Waals surface area contributed by atoms with Crippen LogP contribution < -0.4 is 5.32 Å². The first-order valence-electron chi connectivity index (χ1n) is 7.39. The van der Waals surface area contributed by atoms with Crippen molar-refractivity contribution in [2.24, 2.45) is 5.92 Å². The quantitative estimate of drug-likeness (QED) is 0.728. The van der Waals surface area contributed by atoms with Crippen LogP contribution in [0.3, 0.4) is 0 Å². The number of rotatable bonds is 3. The van der Waals surface area contributed by atoms with E-state index in [2.05, 4.69) is 5.32 Å². The summed E-state index contributed by atoms with van der Waals surface area (Å²) in [5, 5.41) is 2.92. The third kappa shape index (κ3) is 4.47. The van der Waals surface area contributed by atoms with Gasteiger partial charge in [0.2, 0.25) is 0 Å². The maximum atomic E-state index is 14.5. The number of alkyl halides is 3. The molecule has 1 N–H and O–H groups in total. The summed E-state index contributed by atoms with van der Waals surface area (Å²) in [5.41, 5.74) is -1.17. The number of nitrogens with one attached hydrogen (secondary N) is 1. The van der Waals surface area contributed by atoms with E-state index in [0.717, 1.165) is 25.0 Å². The lowest BCUT2D eigenvalue weighted by Gasteiger charge is -2.36. The Morgan fingerprint density at radius 3 is 2.21 bits per heavy atom. The Bertz CT molecular complexity index is 558. The first-order valence-corrected chi connectivity index (χ1v) is 7.77. The van der Waals surface area contributed by atoms with Crippen molar-refractivity contribution in [1.82, 2.24) is 10.2 Å². The molecule has 24 heavy (non-hydrogen) atoms. The SMILES string of the molecule is Cl.Cl.Fc1c(Cl)ccc(C(F)(F)F)c1[C@H](C1CC1)N1CCNCC1. The lowest BCUT2D eigenvalue weighted by atomic mass is 9.93. The first kappa shape index (κ1) is 21.8. The molecule has 0 amide bonds. The van der Waals surface area contributed by atoms with Crippen LogP contribution in [-0.4, -0.2) is 31.1 Å². The van der Waals surface area contributed by atoms with E-state index in [1.807, 2.05) is 4.90 Å². The smallest absolute Gasteiger partial charge is 0.314 e. The molecule has 1 heterocycles. The summed E-state index contributed by atoms with van der Waals surface area (Å²) in [6.07, 6.45) is -2.92. The Morgan fingerprint density at radius 1 is 1.12 bits per heavy atom. The second-order valence-electron chi connectivity index (χ2n) is 5.89. The van der Waals surface area contributed by atoms with E-state index >= 15 is 0 Å². The minimum absolute atomic E-state index is 0. The van der Waals surface area contributed by atoms with Gasteiger partial charge in [0.05, 0.1) is 10.6 Å². The topological polar surface area (TPSA) is 15.3 Å². The molecule has 9 heteroatoms. The lowest BCUT2D eigenvalue weighted by Crippen LogP contribution is -2.46. The zero-order valence-electron chi connectivity index (χ0n) is 12.7. The van der Waals surface area contributed by atoms with Gasteiger partial charge in [-0.1, -0.05) is 11.6 Å². The molecule has 0 radical (unpaired) electrons. The number of halogens is 7. The van der Waals surface area contributed by atoms with Crippen LogP contribution in [0.2, 0.25) is 5.02 Å². The van der Waals surface area contributed by atoms with Gasteiger partial charge in [0, 0.05) is 37.8 Å². The minimum Gasteiger partial charge on any atom is -0.314 e. The molecule has 1 aliphatic carbocycles. The van der Waals surface area contributed by atoms with E-state index in [0.29, 0.717) is 26.2 Å². The molecule has 138 valence electrons. The molecular formula is C15H19Cl3F4N2. The highest BCUT2D eigenvalue weighted by Gasteiger charge is 2.44. The Balaban J connectivity index is 0.00000144. The zero-order chi connectivity index (χ0) is 15.9. The van der Waals surface area contributed by atoms with Crippen molar-refractivity contribution in [2.45, 2.75) is 25.1 Å². The predicted octanol–water partition coefficient (Wildman–Crippen LogP) is 4.70. The van der Waals surface area contributed by atoms with Gasteiger partial charge in [-0.2, -0.15) is 13.2 Å². The fourth-order valence-electron chi connectivity index (χ4n) is 3.19. The Labute approximate surface area is 155 Å². The summed E-state index contributed by atoms with van der Waals surface area (Å²) in [6.45, 7) is 2.63. The molecular weight excluding hydrogens is 391 g/mol. The second-order valence-corrected chi connectivity index (χ2v) is 6.30. The second kappa shape index (κ2) is 8.41. The summed E-state index contributed by atoms with van der Waals surface area (Å²) in [7, 11) is 0. The molecule has 2 nitrogen and oxygen atoms in total. The average molecular weight is 410 g/mol. The van der Waals surface area contributed by atoms with Crippen molar-refractivity contribution in [3.63, 3.8) is 0 Å². The molecule has 0 unspecified atom stereocenters. The molecule has 1 saturated carbocycles. The standard InChI is InChI=1S/C15H17ClF4N2.2ClH/c16-11-4-3-10(15(18,19)20)12(13(11)17)14(9-1-2-9)22-7-5-21-6-8-22;;/h3-4,9,14,21H,1-2,5-8H2;2*1H/t14-;;/m0../s1. The fourth-order valence-corrected chi connectivity index (χ4v) is 3.36. The van der Waals surface area contributed by atoms with Gasteiger partial charge in [0.25, 0.3) is 0 Å². The number of piperazine rings is 1. The van der Waals surface area contributed by atoms with Gasteiger partial charge in [-0.05, 0) is 30.9 Å². The van der Waals surface area contributed by atoms with Crippen molar-refractivity contribution in [1.29, 1.82) is 0 Å². The highest BCUT2D eigenvalue weighted by Crippen LogP contribution is 2.49. The van der Waals surface area contributed by atoms with Gasteiger partial charge in [0.1, 0.15) is 5.82 Å². The van der Waals surface area contributed by atoms with Gasteiger partial charge < -0.3 is 5.32 Å². The molecule has 0 aromatic heterocycles. The van der Waals surface area contributed by atoms with Crippen LogP contribution in [0.1, 0.15) is 30.0 Å². The molecule has 1 aromatic carbocycles. The van der Waals surface area contributed by atoms with Crippen molar-refractivity contribution >= 4 is 36.4 Å². The highest BCUT2D eigenvalue weighted by atomic mass is 35.5. The first-order chi connectivity index (χ1) is 10.4. The summed E-state index contributed by atoms with van der Waals surface area (Å²) in [5.74, 6) is -0.848. The number of hydrogen-bond donors (Lipinski definition) is 1. The number of hydrogen-bond acceptors (Lipinski definition) is 2. The van der Waals surface area contributed by atoms with Crippen LogP contribution in [0.25, 0.3) is 0 Å². The molecule has 1 saturated heterocycles. The molecule has 1 aliphatic heterocycles. The molecule has 2 fully saturated rings. The fraction of sp³-hybridized carbons (Fsp3) is 0.600. The van der Waals surface area contributed by atoms with Crippen LogP contribution in [0.15, 0.2) is 12.1 Å². The molecule has 0 bridgehead atoms. The normalized spacial score (nSPS) is 20.0. The summed E-state index contributed by atoms with van der Waals surface area (Å²) in [4.78, 5) is 1.96. The third-order valence-electron chi connectivity index (χ3n) is 4.35. The van der Waals surface area contributed by atoms with Gasteiger partial charge in [0.15, 0.2) is 0 Å². The van der Waals surface area contributed by atoms with E-state index in [1.165, 1.54) is 0 Å². The molecule has 3 rings (SSSR count). The van der Waals surface area contributed by atoms with E-state index in [1.54, 1.807) is 0 Å². The van der Waals surface area contributed by atoms with Crippen LogP contribution in [0.5, 0.6) is 0 Å². The van der Waals surface area contributed by atoms with Gasteiger partial charge in [-0.15, -0.1) is 24.8 Å². The monoisotopic (exact) mass is 408 g/mol.